The number of hydrogen-bond donors (Lipinski definition) is 1. The second kappa shape index (κ2) is 7.77. The molecule has 5 nitrogen and oxygen atoms in total. The molecule has 1 aromatic rings. The summed E-state index contributed by atoms with van der Waals surface area (Å²) in [6.07, 6.45) is 0.740. The van der Waals surface area contributed by atoms with Crippen molar-refractivity contribution < 1.29 is 18.3 Å². The number of aliphatic hydroxyl groups is 1. The zero-order valence-electron chi connectivity index (χ0n) is 13.2. The number of nitrogens with zero attached hydrogens (tertiary/aromatic N) is 1. The maximum absolute atomic E-state index is 12.6. The van der Waals surface area contributed by atoms with Crippen LogP contribution in [-0.2, 0) is 10.0 Å². The minimum absolute atomic E-state index is 0.0390. The number of hydrogen-bond acceptors (Lipinski definition) is 4. The van der Waals surface area contributed by atoms with Crippen LogP contribution >= 0.6 is 0 Å². The normalized spacial score (nSPS) is 12.1. The van der Waals surface area contributed by atoms with E-state index in [2.05, 4.69) is 0 Å². The van der Waals surface area contributed by atoms with Crippen LogP contribution in [0.15, 0.2) is 23.1 Å². The molecular weight excluding hydrogens is 290 g/mol. The van der Waals surface area contributed by atoms with Crippen molar-refractivity contribution in [2.75, 3.05) is 19.7 Å². The van der Waals surface area contributed by atoms with Crippen molar-refractivity contribution in [2.45, 2.75) is 45.1 Å². The predicted octanol–water partition coefficient (Wildman–Crippen LogP) is 2.18. The Labute approximate surface area is 127 Å². The first-order chi connectivity index (χ1) is 9.82. The van der Waals surface area contributed by atoms with Gasteiger partial charge in [-0.1, -0.05) is 6.92 Å². The van der Waals surface area contributed by atoms with Crippen molar-refractivity contribution in [2.24, 2.45) is 0 Å². The van der Waals surface area contributed by atoms with Gasteiger partial charge in [0.05, 0.1) is 17.6 Å². The van der Waals surface area contributed by atoms with Gasteiger partial charge >= 0.3 is 0 Å². The number of ether oxygens (including phenoxy) is 1. The van der Waals surface area contributed by atoms with Crippen molar-refractivity contribution >= 4 is 10.0 Å². The first-order valence-corrected chi connectivity index (χ1v) is 8.65. The second-order valence-electron chi connectivity index (χ2n) is 5.22. The van der Waals surface area contributed by atoms with Crippen LogP contribution in [0.1, 0.15) is 32.8 Å². The molecule has 0 radical (unpaired) electrons. The standard InChI is InChI=1S/C15H25NO4S/c1-5-8-16(9-10-17)21(18,19)14-6-7-15(13(4)11-14)20-12(2)3/h6-7,11-12,17H,5,8-10H2,1-4H3. The summed E-state index contributed by atoms with van der Waals surface area (Å²) >= 11 is 0. The Hall–Kier alpha value is -1.11. The summed E-state index contributed by atoms with van der Waals surface area (Å²) in [5.74, 6) is 0.688. The average Bonchev–Trinajstić information content (AvgIpc) is 2.40. The fourth-order valence-electron chi connectivity index (χ4n) is 2.03. The Kier molecular flexibility index (Phi) is 6.64. The highest BCUT2D eigenvalue weighted by molar-refractivity contribution is 7.89. The highest BCUT2D eigenvalue weighted by atomic mass is 32.2. The van der Waals surface area contributed by atoms with Crippen LogP contribution in [0.2, 0.25) is 0 Å². The van der Waals surface area contributed by atoms with Gasteiger partial charge in [0.15, 0.2) is 0 Å². The molecule has 1 rings (SSSR count). The van der Waals surface area contributed by atoms with Crippen LogP contribution in [0.3, 0.4) is 0 Å². The van der Waals surface area contributed by atoms with E-state index in [0.717, 1.165) is 5.56 Å². The summed E-state index contributed by atoms with van der Waals surface area (Å²) in [4.78, 5) is 0.234. The minimum atomic E-state index is -3.58. The summed E-state index contributed by atoms with van der Waals surface area (Å²) in [6.45, 7) is 7.90. The quantitative estimate of drug-likeness (QED) is 0.798. The summed E-state index contributed by atoms with van der Waals surface area (Å²) < 4.78 is 32.1. The van der Waals surface area contributed by atoms with Crippen LogP contribution in [0.25, 0.3) is 0 Å². The van der Waals surface area contributed by atoms with Crippen molar-refractivity contribution in [1.29, 1.82) is 0 Å². The molecule has 0 saturated carbocycles. The zero-order chi connectivity index (χ0) is 16.0. The molecule has 0 fully saturated rings. The van der Waals surface area contributed by atoms with E-state index >= 15 is 0 Å². The van der Waals surface area contributed by atoms with E-state index in [1.165, 1.54) is 4.31 Å². The zero-order valence-corrected chi connectivity index (χ0v) is 14.0. The number of aryl methyl sites for hydroxylation is 1. The highest BCUT2D eigenvalue weighted by Crippen LogP contribution is 2.24. The van der Waals surface area contributed by atoms with E-state index in [9.17, 15) is 8.42 Å². The Morgan fingerprint density at radius 1 is 1.29 bits per heavy atom. The minimum Gasteiger partial charge on any atom is -0.491 e. The molecule has 0 heterocycles. The summed E-state index contributed by atoms with van der Waals surface area (Å²) in [5, 5.41) is 9.05. The molecule has 0 spiro atoms. The Balaban J connectivity index is 3.10. The average molecular weight is 315 g/mol. The van der Waals surface area contributed by atoms with Gasteiger partial charge in [0.2, 0.25) is 10.0 Å². The fourth-order valence-corrected chi connectivity index (χ4v) is 3.64. The first kappa shape index (κ1) is 17.9. The van der Waals surface area contributed by atoms with Crippen LogP contribution in [0.4, 0.5) is 0 Å². The molecule has 0 aliphatic heterocycles. The first-order valence-electron chi connectivity index (χ1n) is 7.21. The number of aliphatic hydroxyl groups excluding tert-OH is 1. The molecule has 6 heteroatoms. The summed E-state index contributed by atoms with van der Waals surface area (Å²) in [5.41, 5.74) is 0.783. The third kappa shape index (κ3) is 4.69. The third-order valence-electron chi connectivity index (χ3n) is 2.97. The molecule has 0 unspecified atom stereocenters. The van der Waals surface area contributed by atoms with Crippen LogP contribution in [0.5, 0.6) is 5.75 Å². The number of benzene rings is 1. The highest BCUT2D eigenvalue weighted by Gasteiger charge is 2.24. The lowest BCUT2D eigenvalue weighted by Gasteiger charge is -2.21. The van der Waals surface area contributed by atoms with Crippen molar-refractivity contribution in [3.63, 3.8) is 0 Å². The van der Waals surface area contributed by atoms with Gasteiger partial charge in [0.25, 0.3) is 0 Å². The third-order valence-corrected chi connectivity index (χ3v) is 4.86. The molecular formula is C15H25NO4S. The molecule has 21 heavy (non-hydrogen) atoms. The van der Waals surface area contributed by atoms with E-state index in [0.29, 0.717) is 18.7 Å². The van der Waals surface area contributed by atoms with E-state index in [1.54, 1.807) is 18.2 Å². The maximum atomic E-state index is 12.6. The molecule has 0 atom stereocenters. The van der Waals surface area contributed by atoms with Crippen molar-refractivity contribution in [3.05, 3.63) is 23.8 Å². The maximum Gasteiger partial charge on any atom is 0.243 e. The number of sulfonamides is 1. The Morgan fingerprint density at radius 2 is 1.95 bits per heavy atom. The Bertz CT molecular complexity index is 549. The molecule has 1 N–H and O–H groups in total. The molecule has 1 aromatic carbocycles. The lowest BCUT2D eigenvalue weighted by atomic mass is 10.2. The SMILES string of the molecule is CCCN(CCO)S(=O)(=O)c1ccc(OC(C)C)c(C)c1. The fraction of sp³-hybridized carbons (Fsp3) is 0.600. The van der Waals surface area contributed by atoms with E-state index in [-0.39, 0.29) is 24.2 Å². The molecule has 0 saturated heterocycles. The lowest BCUT2D eigenvalue weighted by molar-refractivity contribution is 0.240. The van der Waals surface area contributed by atoms with E-state index in [4.69, 9.17) is 9.84 Å². The van der Waals surface area contributed by atoms with E-state index < -0.39 is 10.0 Å². The number of rotatable bonds is 8. The van der Waals surface area contributed by atoms with Gasteiger partial charge in [-0.2, -0.15) is 4.31 Å². The van der Waals surface area contributed by atoms with Crippen molar-refractivity contribution in [3.8, 4) is 5.75 Å². The topological polar surface area (TPSA) is 66.8 Å². The summed E-state index contributed by atoms with van der Waals surface area (Å²) in [7, 11) is -3.58. The van der Waals surface area contributed by atoms with Gasteiger partial charge in [0.1, 0.15) is 5.75 Å². The van der Waals surface area contributed by atoms with Gasteiger partial charge in [-0.15, -0.1) is 0 Å². The molecule has 0 aliphatic rings. The second-order valence-corrected chi connectivity index (χ2v) is 7.16. The monoisotopic (exact) mass is 315 g/mol. The van der Waals surface area contributed by atoms with Crippen LogP contribution in [-0.4, -0.2) is 43.6 Å². The van der Waals surface area contributed by atoms with Gasteiger partial charge in [-0.25, -0.2) is 8.42 Å². The molecule has 120 valence electrons. The van der Waals surface area contributed by atoms with Gasteiger partial charge in [0, 0.05) is 13.1 Å². The molecule has 0 bridgehead atoms. The largest absolute Gasteiger partial charge is 0.491 e. The smallest absolute Gasteiger partial charge is 0.243 e. The predicted molar refractivity (Wildman–Crippen MR) is 83.1 cm³/mol. The van der Waals surface area contributed by atoms with Gasteiger partial charge < -0.3 is 9.84 Å². The van der Waals surface area contributed by atoms with E-state index in [1.807, 2.05) is 27.7 Å². The van der Waals surface area contributed by atoms with Gasteiger partial charge in [-0.05, 0) is 51.0 Å². The Morgan fingerprint density at radius 3 is 2.43 bits per heavy atom. The van der Waals surface area contributed by atoms with Crippen LogP contribution in [0, 0.1) is 6.92 Å². The van der Waals surface area contributed by atoms with Crippen molar-refractivity contribution in [1.82, 2.24) is 4.31 Å². The van der Waals surface area contributed by atoms with Gasteiger partial charge in [-0.3, -0.25) is 0 Å². The van der Waals surface area contributed by atoms with Crippen LogP contribution < -0.4 is 4.74 Å². The molecule has 0 aliphatic carbocycles. The molecule has 0 amide bonds. The summed E-state index contributed by atoms with van der Waals surface area (Å²) in [6, 6.07) is 4.86. The molecule has 0 aromatic heterocycles. The lowest BCUT2D eigenvalue weighted by Crippen LogP contribution is -2.34.